The van der Waals surface area contributed by atoms with Gasteiger partial charge in [0, 0.05) is 18.3 Å². The fourth-order valence-corrected chi connectivity index (χ4v) is 1.63. The van der Waals surface area contributed by atoms with Crippen molar-refractivity contribution in [3.05, 3.63) is 18.2 Å². The molecule has 0 aliphatic rings. The molecule has 0 fully saturated rings. The third-order valence-electron chi connectivity index (χ3n) is 2.99. The Bertz CT molecular complexity index is 462. The number of nitrogens with one attached hydrogen (secondary N) is 1. The topological polar surface area (TPSA) is 182 Å². The summed E-state index contributed by atoms with van der Waals surface area (Å²) in [7, 11) is 0. The number of imidazole rings is 1. The molecular formula is C12H21N3O7. The molecule has 0 radical (unpaired) electrons. The second-order valence-corrected chi connectivity index (χ2v) is 4.76. The lowest BCUT2D eigenvalue weighted by atomic mass is 10.0. The van der Waals surface area contributed by atoms with Crippen molar-refractivity contribution >= 4 is 5.97 Å². The number of rotatable bonds is 10. The maximum Gasteiger partial charge on any atom is 0.323 e. The zero-order valence-electron chi connectivity index (χ0n) is 12.7. The summed E-state index contributed by atoms with van der Waals surface area (Å²) < 4.78 is 11.9. The molecule has 0 aliphatic heterocycles. The van der Waals surface area contributed by atoms with Gasteiger partial charge in [-0.05, 0) is 0 Å². The minimum atomic E-state index is -1.82. The summed E-state index contributed by atoms with van der Waals surface area (Å²) in [5, 5.41) is 46.5. The summed E-state index contributed by atoms with van der Waals surface area (Å²) in [5.41, 5.74) is 2.60. The van der Waals surface area contributed by atoms with Crippen LogP contribution in [0.5, 0.6) is 0 Å². The predicted molar refractivity (Wildman–Crippen MR) is 72.3 cm³/mol. The van der Waals surface area contributed by atoms with E-state index >= 15 is 0 Å². The first kappa shape index (κ1) is 16.8. The van der Waals surface area contributed by atoms with Crippen LogP contribution in [0, 0.1) is 0 Å². The van der Waals surface area contributed by atoms with Gasteiger partial charge in [0.1, 0.15) is 38.5 Å². The summed E-state index contributed by atoms with van der Waals surface area (Å²) in [6.45, 7) is -1.46. The summed E-state index contributed by atoms with van der Waals surface area (Å²) in [6.07, 6.45) is -3.94. The van der Waals surface area contributed by atoms with Crippen molar-refractivity contribution in [2.24, 2.45) is 5.73 Å². The summed E-state index contributed by atoms with van der Waals surface area (Å²) in [6, 6.07) is -1.02. The van der Waals surface area contributed by atoms with E-state index in [1.165, 1.54) is 12.5 Å². The number of nitrogens with two attached hydrogens (primary N) is 1. The smallest absolute Gasteiger partial charge is 0.323 e. The molecule has 10 heteroatoms. The molecule has 1 aromatic heterocycles. The number of carbonyl (C=O) groups excluding carboxylic acids is 1. The number of esters is 1. The maximum atomic E-state index is 11.8. The van der Waals surface area contributed by atoms with Gasteiger partial charge in [-0.25, -0.2) is 4.98 Å². The normalized spacial score (nSPS) is 18.9. The van der Waals surface area contributed by atoms with Crippen LogP contribution in [-0.2, 0) is 16.0 Å². The second-order valence-electron chi connectivity index (χ2n) is 4.76. The second kappa shape index (κ2) is 8.78. The van der Waals surface area contributed by atoms with Crippen LogP contribution >= 0.6 is 0 Å². The first-order valence-electron chi connectivity index (χ1n) is 7.05. The maximum absolute atomic E-state index is 11.8. The molecule has 5 atom stereocenters. The zero-order valence-corrected chi connectivity index (χ0v) is 11.7. The van der Waals surface area contributed by atoms with Gasteiger partial charge < -0.3 is 41.0 Å². The lowest BCUT2D eigenvalue weighted by molar-refractivity contribution is -0.157. The number of nitrogens with zero attached hydrogens (tertiary/aromatic N) is 1. The van der Waals surface area contributed by atoms with E-state index in [2.05, 4.69) is 9.97 Å². The van der Waals surface area contributed by atoms with E-state index in [9.17, 15) is 25.2 Å². The van der Waals surface area contributed by atoms with Gasteiger partial charge in [0.25, 0.3) is 0 Å². The van der Waals surface area contributed by atoms with Crippen molar-refractivity contribution in [1.29, 1.82) is 0 Å². The zero-order chi connectivity index (χ0) is 17.4. The van der Waals surface area contributed by atoms with E-state index in [4.69, 9.17) is 11.3 Å². The molecule has 0 unspecified atom stereocenters. The Hall–Kier alpha value is -1.56. The quantitative estimate of drug-likeness (QED) is 0.213. The predicted octanol–water partition coefficient (Wildman–Crippen LogP) is -3.74. The average molecular weight is 320 g/mol. The molecule has 0 bridgehead atoms. The first-order chi connectivity index (χ1) is 10.9. The fraction of sp³-hybridized carbons (Fsp3) is 0.667. The van der Waals surface area contributed by atoms with Crippen molar-refractivity contribution in [3.8, 4) is 0 Å². The number of H-pyrrole nitrogens is 1. The Balaban J connectivity index is 2.46. The molecule has 0 aromatic carbocycles. The van der Waals surface area contributed by atoms with Gasteiger partial charge in [-0.1, -0.05) is 0 Å². The van der Waals surface area contributed by atoms with Crippen molar-refractivity contribution in [2.45, 2.75) is 36.9 Å². The van der Waals surface area contributed by atoms with Crippen LogP contribution in [0.1, 0.15) is 5.69 Å². The molecular weight excluding hydrogens is 298 g/mol. The average Bonchev–Trinajstić information content (AvgIpc) is 3.07. The standard InChI is InChI=1S/C12H21N3O7/c13-7(1-6-2-14-5-15-6)12(21)22-4-9(18)11(20)10(19)8(17)3-16/h2,5,7-11,16-20H,1,3-4,13H2,(H,14,15)/t7-,8+,9+,10+,11+/m0/s1/i/hD. The van der Waals surface area contributed by atoms with E-state index in [-0.39, 0.29) is 6.42 Å². The van der Waals surface area contributed by atoms with Crippen molar-refractivity contribution in [2.75, 3.05) is 13.2 Å². The van der Waals surface area contributed by atoms with E-state index in [0.717, 1.165) is 0 Å². The third-order valence-corrected chi connectivity index (χ3v) is 2.99. The number of aliphatic hydroxyl groups excluding tert-OH is 5. The highest BCUT2D eigenvalue weighted by molar-refractivity contribution is 5.75. The van der Waals surface area contributed by atoms with Crippen molar-refractivity contribution < 1.29 is 36.5 Å². The van der Waals surface area contributed by atoms with Crippen molar-refractivity contribution in [3.63, 3.8) is 0 Å². The first-order valence-corrected chi connectivity index (χ1v) is 6.55. The number of hydrogen-bond donors (Lipinski definition) is 7. The Kier molecular flexibility index (Phi) is 6.71. The molecule has 10 nitrogen and oxygen atoms in total. The highest BCUT2D eigenvalue weighted by atomic mass is 16.5. The van der Waals surface area contributed by atoms with E-state index in [1.807, 2.05) is 5.73 Å². The molecule has 0 aliphatic carbocycles. The Morgan fingerprint density at radius 3 is 2.59 bits per heavy atom. The van der Waals surface area contributed by atoms with Gasteiger partial charge in [-0.15, -0.1) is 0 Å². The monoisotopic (exact) mass is 320 g/mol. The van der Waals surface area contributed by atoms with Gasteiger partial charge in [0.05, 0.1) is 12.9 Å². The molecule has 0 saturated heterocycles. The van der Waals surface area contributed by atoms with Gasteiger partial charge in [-0.3, -0.25) is 4.79 Å². The van der Waals surface area contributed by atoms with E-state index < -0.39 is 49.6 Å². The molecule has 0 amide bonds. The van der Waals surface area contributed by atoms with Crippen LogP contribution in [0.2, 0.25) is 1.41 Å². The lowest BCUT2D eigenvalue weighted by Crippen LogP contribution is -2.48. The molecule has 0 saturated carbocycles. The summed E-state index contributed by atoms with van der Waals surface area (Å²) in [4.78, 5) is 18.3. The van der Waals surface area contributed by atoms with Crippen molar-refractivity contribution in [1.82, 2.24) is 9.97 Å². The number of aliphatic hydroxyl groups is 5. The molecule has 8 N–H and O–H groups in total. The minimum Gasteiger partial charge on any atom is -0.462 e. The molecule has 1 rings (SSSR count). The van der Waals surface area contributed by atoms with E-state index in [1.54, 1.807) is 0 Å². The van der Waals surface area contributed by atoms with Gasteiger partial charge in [-0.2, -0.15) is 0 Å². The largest absolute Gasteiger partial charge is 0.462 e. The number of aromatic nitrogens is 2. The lowest BCUT2D eigenvalue weighted by Gasteiger charge is -2.25. The van der Waals surface area contributed by atoms with Crippen LogP contribution in [-0.4, -0.2) is 85.1 Å². The molecule has 1 aromatic rings. The Morgan fingerprint density at radius 2 is 2.05 bits per heavy atom. The molecule has 0 spiro atoms. The SMILES string of the molecule is [2H]N[C@@H](Cc1cnc[nH]1)C(=O)OC[C@@H](O)[C@@H](O)[C@H](O)[C@H](O)CO. The fourth-order valence-electron chi connectivity index (χ4n) is 1.63. The van der Waals surface area contributed by atoms with Gasteiger partial charge >= 0.3 is 5.97 Å². The number of aromatic amines is 1. The van der Waals surface area contributed by atoms with Crippen LogP contribution < -0.4 is 5.73 Å². The molecule has 1 heterocycles. The minimum absolute atomic E-state index is 0.104. The summed E-state index contributed by atoms with van der Waals surface area (Å²) >= 11 is 0. The highest BCUT2D eigenvalue weighted by Crippen LogP contribution is 2.06. The Labute approximate surface area is 127 Å². The number of carbonyl (C=O) groups is 1. The third kappa shape index (κ3) is 5.33. The Morgan fingerprint density at radius 1 is 1.36 bits per heavy atom. The van der Waals surface area contributed by atoms with Crippen LogP contribution in [0.15, 0.2) is 12.5 Å². The van der Waals surface area contributed by atoms with Gasteiger partial charge in [0.2, 0.25) is 0 Å². The van der Waals surface area contributed by atoms with E-state index in [0.29, 0.717) is 5.69 Å². The molecule has 22 heavy (non-hydrogen) atoms. The number of hydrogen-bond acceptors (Lipinski definition) is 9. The molecule has 126 valence electrons. The number of ether oxygens (including phenoxy) is 1. The van der Waals surface area contributed by atoms with Crippen LogP contribution in [0.25, 0.3) is 0 Å². The summed E-state index contributed by atoms with van der Waals surface area (Å²) in [5.74, 6) is -0.849. The van der Waals surface area contributed by atoms with Crippen LogP contribution in [0.4, 0.5) is 0 Å². The van der Waals surface area contributed by atoms with Gasteiger partial charge in [0.15, 0.2) is 0 Å². The van der Waals surface area contributed by atoms with Crippen LogP contribution in [0.3, 0.4) is 0 Å². The highest BCUT2D eigenvalue weighted by Gasteiger charge is 2.31.